The third kappa shape index (κ3) is 2.99. The third-order valence-electron chi connectivity index (χ3n) is 2.49. The molecule has 0 atom stereocenters. The summed E-state index contributed by atoms with van der Waals surface area (Å²) in [6.07, 6.45) is 1.94. The lowest BCUT2D eigenvalue weighted by atomic mass is 9.99. The van der Waals surface area contributed by atoms with Gasteiger partial charge in [-0.2, -0.15) is 5.26 Å². The van der Waals surface area contributed by atoms with Crippen LogP contribution in [-0.2, 0) is 0 Å². The molecule has 2 heterocycles. The van der Waals surface area contributed by atoms with Crippen molar-refractivity contribution in [3.8, 4) is 6.07 Å². The molecule has 1 fully saturated rings. The predicted octanol–water partition coefficient (Wildman–Crippen LogP) is 3.48. The van der Waals surface area contributed by atoms with Crippen LogP contribution in [0, 0.1) is 11.3 Å². The van der Waals surface area contributed by atoms with Gasteiger partial charge in [0.1, 0.15) is 6.07 Å². The van der Waals surface area contributed by atoms with Gasteiger partial charge in [-0.05, 0) is 43.6 Å². The predicted molar refractivity (Wildman–Crippen MR) is 71.2 cm³/mol. The van der Waals surface area contributed by atoms with Crippen LogP contribution in [-0.4, -0.2) is 13.1 Å². The van der Waals surface area contributed by atoms with E-state index in [2.05, 4.69) is 11.4 Å². The lowest BCUT2D eigenvalue weighted by molar-refractivity contribution is 0.612. The molecule has 0 aromatic carbocycles. The zero-order chi connectivity index (χ0) is 10.7. The fourth-order valence-corrected chi connectivity index (χ4v) is 2.82. The average molecular weight is 275 g/mol. The Morgan fingerprint density at radius 2 is 2.06 bits per heavy atom. The molecule has 1 aromatic rings. The SMILES string of the molecule is Cl.N#CC(=C1CCNCC1)c1ccc(Cl)s1. The molecule has 1 N–H and O–H groups in total. The third-order valence-corrected chi connectivity index (χ3v) is 3.74. The molecule has 0 bridgehead atoms. The smallest absolute Gasteiger partial charge is 0.101 e. The van der Waals surface area contributed by atoms with Gasteiger partial charge < -0.3 is 5.32 Å². The van der Waals surface area contributed by atoms with Crippen LogP contribution in [0.4, 0.5) is 0 Å². The van der Waals surface area contributed by atoms with Gasteiger partial charge in [-0.15, -0.1) is 23.7 Å². The fraction of sp³-hybridized carbons (Fsp3) is 0.364. The van der Waals surface area contributed by atoms with E-state index in [9.17, 15) is 5.26 Å². The van der Waals surface area contributed by atoms with Gasteiger partial charge in [0.25, 0.3) is 0 Å². The molecule has 0 radical (unpaired) electrons. The second kappa shape index (κ2) is 6.27. The molecule has 0 saturated carbocycles. The number of hydrogen-bond acceptors (Lipinski definition) is 3. The highest BCUT2D eigenvalue weighted by Crippen LogP contribution is 2.31. The average Bonchev–Trinajstić information content (AvgIpc) is 2.68. The summed E-state index contributed by atoms with van der Waals surface area (Å²) in [5, 5.41) is 12.5. The second-order valence-corrected chi connectivity index (χ2v) is 5.16. The molecule has 0 aliphatic carbocycles. The summed E-state index contributed by atoms with van der Waals surface area (Å²) in [6.45, 7) is 1.94. The van der Waals surface area contributed by atoms with E-state index >= 15 is 0 Å². The zero-order valence-corrected chi connectivity index (χ0v) is 11.0. The summed E-state index contributed by atoms with van der Waals surface area (Å²) in [7, 11) is 0. The van der Waals surface area contributed by atoms with Gasteiger partial charge in [-0.25, -0.2) is 0 Å². The Kier molecular flexibility index (Phi) is 5.30. The van der Waals surface area contributed by atoms with E-state index in [1.807, 2.05) is 12.1 Å². The highest BCUT2D eigenvalue weighted by molar-refractivity contribution is 7.17. The summed E-state index contributed by atoms with van der Waals surface area (Å²) in [4.78, 5) is 0.999. The van der Waals surface area contributed by atoms with E-state index in [1.54, 1.807) is 0 Å². The van der Waals surface area contributed by atoms with Crippen LogP contribution in [0.1, 0.15) is 17.7 Å². The Morgan fingerprint density at radius 1 is 1.38 bits per heavy atom. The number of nitriles is 1. The van der Waals surface area contributed by atoms with Gasteiger partial charge in [0.05, 0.1) is 9.91 Å². The summed E-state index contributed by atoms with van der Waals surface area (Å²) in [6, 6.07) is 6.08. The number of nitrogens with one attached hydrogen (secondary N) is 1. The second-order valence-electron chi connectivity index (χ2n) is 3.44. The maximum Gasteiger partial charge on any atom is 0.101 e. The lowest BCUT2D eigenvalue weighted by Crippen LogP contribution is -2.23. The van der Waals surface area contributed by atoms with E-state index in [0.717, 1.165) is 40.7 Å². The van der Waals surface area contributed by atoms with Crippen molar-refractivity contribution in [2.75, 3.05) is 13.1 Å². The molecule has 2 nitrogen and oxygen atoms in total. The number of thiophene rings is 1. The fourth-order valence-electron chi connectivity index (χ4n) is 1.74. The van der Waals surface area contributed by atoms with E-state index in [1.165, 1.54) is 16.9 Å². The molecule has 1 aromatic heterocycles. The Hall–Kier alpha value is -0.530. The minimum Gasteiger partial charge on any atom is -0.316 e. The molecule has 86 valence electrons. The van der Waals surface area contributed by atoms with Gasteiger partial charge in [-0.1, -0.05) is 11.6 Å². The van der Waals surface area contributed by atoms with Crippen molar-refractivity contribution in [1.29, 1.82) is 5.26 Å². The molecule has 0 spiro atoms. The normalized spacial score (nSPS) is 15.1. The minimum absolute atomic E-state index is 0. The van der Waals surface area contributed by atoms with Crippen LogP contribution in [0.3, 0.4) is 0 Å². The first-order valence-electron chi connectivity index (χ1n) is 4.90. The van der Waals surface area contributed by atoms with Crippen molar-refractivity contribution >= 4 is 40.9 Å². The molecule has 2 rings (SSSR count). The van der Waals surface area contributed by atoms with Gasteiger partial charge in [-0.3, -0.25) is 0 Å². The standard InChI is InChI=1S/C11H11ClN2S.ClH/c12-11-2-1-10(15-11)9(7-13)8-3-5-14-6-4-8;/h1-2,14H,3-6H2;1H. The minimum atomic E-state index is 0. The van der Waals surface area contributed by atoms with Crippen LogP contribution in [0.5, 0.6) is 0 Å². The Bertz CT molecular complexity index is 423. The molecule has 1 aliphatic rings. The first kappa shape index (κ1) is 13.5. The maximum atomic E-state index is 9.18. The number of hydrogen-bond donors (Lipinski definition) is 1. The van der Waals surface area contributed by atoms with Crippen molar-refractivity contribution in [2.45, 2.75) is 12.8 Å². The van der Waals surface area contributed by atoms with Crippen LogP contribution in [0.15, 0.2) is 17.7 Å². The van der Waals surface area contributed by atoms with Crippen molar-refractivity contribution in [3.63, 3.8) is 0 Å². The van der Waals surface area contributed by atoms with Crippen molar-refractivity contribution in [1.82, 2.24) is 5.32 Å². The topological polar surface area (TPSA) is 35.8 Å². The number of allylic oxidation sites excluding steroid dienone is 1. The van der Waals surface area contributed by atoms with Crippen LogP contribution >= 0.6 is 35.3 Å². The van der Waals surface area contributed by atoms with Gasteiger partial charge in [0.2, 0.25) is 0 Å². The molecule has 1 aliphatic heterocycles. The van der Waals surface area contributed by atoms with Crippen LogP contribution in [0.25, 0.3) is 5.57 Å². The summed E-state index contributed by atoms with van der Waals surface area (Å²) in [5.41, 5.74) is 2.09. The summed E-state index contributed by atoms with van der Waals surface area (Å²) >= 11 is 7.35. The van der Waals surface area contributed by atoms with Crippen molar-refractivity contribution in [2.24, 2.45) is 0 Å². The van der Waals surface area contributed by atoms with Crippen molar-refractivity contribution in [3.05, 3.63) is 26.9 Å². The number of piperidine rings is 1. The van der Waals surface area contributed by atoms with E-state index in [0.29, 0.717) is 0 Å². The quantitative estimate of drug-likeness (QED) is 0.796. The number of nitrogens with zero attached hydrogens (tertiary/aromatic N) is 1. The number of halogens is 2. The van der Waals surface area contributed by atoms with E-state index < -0.39 is 0 Å². The summed E-state index contributed by atoms with van der Waals surface area (Å²) < 4.78 is 0.743. The Labute approximate surface area is 110 Å². The van der Waals surface area contributed by atoms with Gasteiger partial charge in [0, 0.05) is 4.88 Å². The van der Waals surface area contributed by atoms with Crippen LogP contribution < -0.4 is 5.32 Å². The largest absolute Gasteiger partial charge is 0.316 e. The monoisotopic (exact) mass is 274 g/mol. The highest BCUT2D eigenvalue weighted by atomic mass is 35.5. The zero-order valence-electron chi connectivity index (χ0n) is 8.62. The Morgan fingerprint density at radius 3 is 2.56 bits per heavy atom. The summed E-state index contributed by atoms with van der Waals surface area (Å²) in [5.74, 6) is 0. The molecule has 5 heteroatoms. The van der Waals surface area contributed by atoms with Gasteiger partial charge >= 0.3 is 0 Å². The van der Waals surface area contributed by atoms with Crippen molar-refractivity contribution < 1.29 is 0 Å². The van der Waals surface area contributed by atoms with Crippen LogP contribution in [0.2, 0.25) is 4.34 Å². The molecule has 0 amide bonds. The molecular formula is C11H12Cl2N2S. The highest BCUT2D eigenvalue weighted by Gasteiger charge is 2.13. The van der Waals surface area contributed by atoms with E-state index in [4.69, 9.17) is 11.6 Å². The number of rotatable bonds is 1. The molecular weight excluding hydrogens is 263 g/mol. The first-order valence-corrected chi connectivity index (χ1v) is 6.09. The maximum absolute atomic E-state index is 9.18. The van der Waals surface area contributed by atoms with E-state index in [-0.39, 0.29) is 12.4 Å². The Balaban J connectivity index is 0.00000128. The molecule has 1 saturated heterocycles. The molecule has 16 heavy (non-hydrogen) atoms. The molecule has 0 unspecified atom stereocenters. The first-order chi connectivity index (χ1) is 7.31. The van der Waals surface area contributed by atoms with Gasteiger partial charge in [0.15, 0.2) is 0 Å². The lowest BCUT2D eigenvalue weighted by Gasteiger charge is -2.16.